The SMILES string of the molecule is CN(C)S(=O)(=O)c1ccc(C(=O)Nc2nc3ccc([N+](=O)[O-])cc3s2)cc1. The molecular formula is C16H14N4O5S2. The van der Waals surface area contributed by atoms with E-state index in [1.165, 1.54) is 56.6 Å². The van der Waals surface area contributed by atoms with Crippen LogP contribution in [0.25, 0.3) is 10.2 Å². The predicted molar refractivity (Wildman–Crippen MR) is 102 cm³/mol. The average Bonchev–Trinajstić information content (AvgIpc) is 3.02. The number of rotatable bonds is 5. The molecule has 0 saturated heterocycles. The summed E-state index contributed by atoms with van der Waals surface area (Å²) in [4.78, 5) is 27.0. The molecule has 9 nitrogen and oxygen atoms in total. The molecule has 0 unspecified atom stereocenters. The van der Waals surface area contributed by atoms with E-state index in [1.54, 1.807) is 0 Å². The second-order valence-electron chi connectivity index (χ2n) is 5.69. The van der Waals surface area contributed by atoms with E-state index in [1.807, 2.05) is 0 Å². The Bertz CT molecular complexity index is 1140. The molecular weight excluding hydrogens is 392 g/mol. The van der Waals surface area contributed by atoms with Gasteiger partial charge in [0.25, 0.3) is 11.6 Å². The number of non-ortho nitro benzene ring substituents is 1. The van der Waals surface area contributed by atoms with Gasteiger partial charge in [0, 0.05) is 31.8 Å². The van der Waals surface area contributed by atoms with E-state index in [9.17, 15) is 23.3 Å². The van der Waals surface area contributed by atoms with Gasteiger partial charge in [0.05, 0.1) is 20.0 Å². The van der Waals surface area contributed by atoms with Gasteiger partial charge in [0.1, 0.15) is 0 Å². The number of sulfonamides is 1. The molecule has 11 heteroatoms. The molecule has 1 heterocycles. The van der Waals surface area contributed by atoms with Crippen molar-refractivity contribution < 1.29 is 18.1 Å². The Balaban J connectivity index is 1.81. The number of nitro groups is 1. The minimum Gasteiger partial charge on any atom is -0.298 e. The van der Waals surface area contributed by atoms with Crippen LogP contribution in [-0.2, 0) is 10.0 Å². The van der Waals surface area contributed by atoms with Crippen LogP contribution in [0.3, 0.4) is 0 Å². The zero-order valence-electron chi connectivity index (χ0n) is 14.2. The summed E-state index contributed by atoms with van der Waals surface area (Å²) in [6.45, 7) is 0. The second-order valence-corrected chi connectivity index (χ2v) is 8.88. The van der Waals surface area contributed by atoms with Crippen LogP contribution < -0.4 is 5.32 Å². The number of fused-ring (bicyclic) bond motifs is 1. The fourth-order valence-electron chi connectivity index (χ4n) is 2.24. The smallest absolute Gasteiger partial charge is 0.270 e. The molecule has 0 saturated carbocycles. The lowest BCUT2D eigenvalue weighted by Gasteiger charge is -2.11. The van der Waals surface area contributed by atoms with Crippen LogP contribution in [0.2, 0.25) is 0 Å². The van der Waals surface area contributed by atoms with Crippen LogP contribution in [0.4, 0.5) is 10.8 Å². The number of nitrogens with one attached hydrogen (secondary N) is 1. The Morgan fingerprint density at radius 2 is 1.85 bits per heavy atom. The third-order valence-corrected chi connectivity index (χ3v) is 6.46. The molecule has 2 aromatic carbocycles. The van der Waals surface area contributed by atoms with Crippen LogP contribution >= 0.6 is 11.3 Å². The summed E-state index contributed by atoms with van der Waals surface area (Å²) in [5.74, 6) is -0.461. The Kier molecular flexibility index (Phi) is 4.91. The molecule has 1 aromatic heterocycles. The quantitative estimate of drug-likeness (QED) is 0.513. The number of thiazole rings is 1. The maximum atomic E-state index is 12.3. The number of amides is 1. The van der Waals surface area contributed by atoms with E-state index >= 15 is 0 Å². The van der Waals surface area contributed by atoms with Gasteiger partial charge in [-0.2, -0.15) is 0 Å². The summed E-state index contributed by atoms with van der Waals surface area (Å²) in [5.41, 5.74) is 0.744. The Labute approximate surface area is 158 Å². The van der Waals surface area contributed by atoms with E-state index in [4.69, 9.17) is 0 Å². The van der Waals surface area contributed by atoms with Crippen LogP contribution in [-0.4, -0.2) is 42.6 Å². The molecule has 1 N–H and O–H groups in total. The lowest BCUT2D eigenvalue weighted by atomic mass is 10.2. The summed E-state index contributed by atoms with van der Waals surface area (Å²) in [5, 5.41) is 13.7. The number of anilines is 1. The number of hydrogen-bond donors (Lipinski definition) is 1. The van der Waals surface area contributed by atoms with Crippen molar-refractivity contribution in [1.29, 1.82) is 0 Å². The molecule has 1 amide bonds. The lowest BCUT2D eigenvalue weighted by molar-refractivity contribution is -0.384. The standard InChI is InChI=1S/C16H14N4O5S2/c1-19(2)27(24,25)12-6-3-10(4-7-12)15(21)18-16-17-13-8-5-11(20(22)23)9-14(13)26-16/h3-9H,1-2H3,(H,17,18,21). The van der Waals surface area contributed by atoms with Crippen molar-refractivity contribution in [2.75, 3.05) is 19.4 Å². The van der Waals surface area contributed by atoms with Crippen LogP contribution in [0.15, 0.2) is 47.4 Å². The van der Waals surface area contributed by atoms with Gasteiger partial charge < -0.3 is 0 Å². The molecule has 0 bridgehead atoms. The van der Waals surface area contributed by atoms with E-state index in [2.05, 4.69) is 10.3 Å². The first-order valence-electron chi connectivity index (χ1n) is 7.57. The van der Waals surface area contributed by atoms with Gasteiger partial charge in [-0.3, -0.25) is 20.2 Å². The highest BCUT2D eigenvalue weighted by atomic mass is 32.2. The summed E-state index contributed by atoms with van der Waals surface area (Å²) >= 11 is 1.11. The van der Waals surface area contributed by atoms with Crippen LogP contribution in [0.1, 0.15) is 10.4 Å². The maximum absolute atomic E-state index is 12.3. The summed E-state index contributed by atoms with van der Waals surface area (Å²) < 4.78 is 25.8. The first kappa shape index (κ1) is 18.9. The Morgan fingerprint density at radius 1 is 1.19 bits per heavy atom. The molecule has 27 heavy (non-hydrogen) atoms. The molecule has 0 aliphatic heterocycles. The summed E-state index contributed by atoms with van der Waals surface area (Å²) in [6.07, 6.45) is 0. The third kappa shape index (κ3) is 3.79. The van der Waals surface area contributed by atoms with Gasteiger partial charge in [-0.1, -0.05) is 11.3 Å². The van der Waals surface area contributed by atoms with Gasteiger partial charge in [-0.15, -0.1) is 0 Å². The zero-order chi connectivity index (χ0) is 19.8. The monoisotopic (exact) mass is 406 g/mol. The highest BCUT2D eigenvalue weighted by Gasteiger charge is 2.18. The maximum Gasteiger partial charge on any atom is 0.270 e. The van der Waals surface area contributed by atoms with E-state index in [0.717, 1.165) is 15.6 Å². The Morgan fingerprint density at radius 3 is 2.44 bits per heavy atom. The normalized spacial score (nSPS) is 11.7. The van der Waals surface area contributed by atoms with Gasteiger partial charge >= 0.3 is 0 Å². The van der Waals surface area contributed by atoms with E-state index < -0.39 is 20.9 Å². The van der Waals surface area contributed by atoms with Crippen molar-refractivity contribution in [2.45, 2.75) is 4.90 Å². The highest BCUT2D eigenvalue weighted by Crippen LogP contribution is 2.29. The second kappa shape index (κ2) is 7.02. The third-order valence-electron chi connectivity index (χ3n) is 3.70. The molecule has 140 valence electrons. The van der Waals surface area contributed by atoms with Crippen molar-refractivity contribution in [3.8, 4) is 0 Å². The van der Waals surface area contributed by atoms with Crippen molar-refractivity contribution in [3.63, 3.8) is 0 Å². The number of nitro benzene ring substituents is 1. The molecule has 0 atom stereocenters. The number of nitrogens with zero attached hydrogens (tertiary/aromatic N) is 3. The van der Waals surface area contributed by atoms with Gasteiger partial charge in [-0.05, 0) is 30.3 Å². The molecule has 3 aromatic rings. The molecule has 0 aliphatic carbocycles. The van der Waals surface area contributed by atoms with Crippen molar-refractivity contribution >= 4 is 48.3 Å². The number of hydrogen-bond acceptors (Lipinski definition) is 7. The topological polar surface area (TPSA) is 123 Å². The number of carbonyl (C=O) groups is 1. The van der Waals surface area contributed by atoms with Crippen molar-refractivity contribution in [3.05, 3.63) is 58.1 Å². The number of aromatic nitrogens is 1. The summed E-state index contributed by atoms with van der Waals surface area (Å²) in [6, 6.07) is 9.77. The van der Waals surface area contributed by atoms with E-state index in [0.29, 0.717) is 15.3 Å². The van der Waals surface area contributed by atoms with Crippen molar-refractivity contribution in [2.24, 2.45) is 0 Å². The average molecular weight is 406 g/mol. The number of benzene rings is 2. The van der Waals surface area contributed by atoms with Gasteiger partial charge in [0.15, 0.2) is 5.13 Å². The fraction of sp³-hybridized carbons (Fsp3) is 0.125. The van der Waals surface area contributed by atoms with Gasteiger partial charge in [0.2, 0.25) is 10.0 Å². The van der Waals surface area contributed by atoms with E-state index in [-0.39, 0.29) is 16.1 Å². The predicted octanol–water partition coefficient (Wildman–Crippen LogP) is 2.71. The zero-order valence-corrected chi connectivity index (χ0v) is 15.9. The first-order chi connectivity index (χ1) is 12.7. The van der Waals surface area contributed by atoms with Crippen molar-refractivity contribution in [1.82, 2.24) is 9.29 Å². The largest absolute Gasteiger partial charge is 0.298 e. The molecule has 3 rings (SSSR count). The molecule has 0 spiro atoms. The molecule has 0 fully saturated rings. The minimum atomic E-state index is -3.57. The highest BCUT2D eigenvalue weighted by molar-refractivity contribution is 7.89. The van der Waals surface area contributed by atoms with Crippen LogP contribution in [0, 0.1) is 10.1 Å². The lowest BCUT2D eigenvalue weighted by Crippen LogP contribution is -2.22. The number of carbonyl (C=O) groups excluding carboxylic acids is 1. The molecule has 0 aliphatic rings. The first-order valence-corrected chi connectivity index (χ1v) is 9.83. The Hall–Kier alpha value is -2.89. The fourth-order valence-corrected chi connectivity index (χ4v) is 4.03. The summed E-state index contributed by atoms with van der Waals surface area (Å²) in [7, 11) is -0.722. The van der Waals surface area contributed by atoms with Gasteiger partial charge in [-0.25, -0.2) is 17.7 Å². The minimum absolute atomic E-state index is 0.0540. The molecule has 0 radical (unpaired) electrons. The van der Waals surface area contributed by atoms with Crippen LogP contribution in [0.5, 0.6) is 0 Å².